The van der Waals surface area contributed by atoms with Crippen LogP contribution in [0.3, 0.4) is 0 Å². The van der Waals surface area contributed by atoms with Gasteiger partial charge in [0.25, 0.3) is 5.91 Å². The molecule has 0 aromatic heterocycles. The molecule has 0 fully saturated rings. The number of terminal acetylenes is 1. The molecule has 0 saturated heterocycles. The predicted molar refractivity (Wildman–Crippen MR) is 75.1 cm³/mol. The highest BCUT2D eigenvalue weighted by atomic mass is 32.2. The van der Waals surface area contributed by atoms with Crippen LogP contribution in [0.2, 0.25) is 0 Å². The summed E-state index contributed by atoms with van der Waals surface area (Å²) in [5.41, 5.74) is 0.290. The molecule has 0 heterocycles. The number of amides is 1. The second-order valence-corrected chi connectivity index (χ2v) is 5.91. The molecule has 0 bridgehead atoms. The van der Waals surface area contributed by atoms with Gasteiger partial charge in [0, 0.05) is 12.6 Å². The zero-order valence-electron chi connectivity index (χ0n) is 11.2. The highest BCUT2D eigenvalue weighted by Crippen LogP contribution is 2.16. The van der Waals surface area contributed by atoms with E-state index in [1.807, 2.05) is 0 Å². The SMILES string of the molecule is C#CCN(CC(=O)O)S(=O)(=O)c1ccc(C(=O)NC)cc1. The number of aliphatic carboxylic acids is 1. The van der Waals surface area contributed by atoms with Gasteiger partial charge in [0.05, 0.1) is 11.4 Å². The first kappa shape index (κ1) is 16.7. The fourth-order valence-electron chi connectivity index (χ4n) is 1.55. The Morgan fingerprint density at radius 1 is 1.33 bits per heavy atom. The number of nitrogens with one attached hydrogen (secondary N) is 1. The van der Waals surface area contributed by atoms with Crippen LogP contribution in [-0.4, -0.2) is 49.8 Å². The van der Waals surface area contributed by atoms with Gasteiger partial charge in [-0.15, -0.1) is 6.42 Å². The second kappa shape index (κ2) is 6.88. The molecule has 0 unspecified atom stereocenters. The molecule has 0 aliphatic heterocycles. The first-order valence-electron chi connectivity index (χ1n) is 5.80. The van der Waals surface area contributed by atoms with Crippen molar-refractivity contribution in [3.63, 3.8) is 0 Å². The summed E-state index contributed by atoms with van der Waals surface area (Å²) in [5.74, 6) is 0.441. The Labute approximate surface area is 122 Å². The Hall–Kier alpha value is -2.37. The summed E-state index contributed by atoms with van der Waals surface area (Å²) in [6, 6.07) is 5.12. The third-order valence-electron chi connectivity index (χ3n) is 2.56. The van der Waals surface area contributed by atoms with E-state index in [0.717, 1.165) is 0 Å². The topological polar surface area (TPSA) is 104 Å². The van der Waals surface area contributed by atoms with Crippen LogP contribution in [0.15, 0.2) is 29.2 Å². The van der Waals surface area contributed by atoms with Gasteiger partial charge in [-0.1, -0.05) is 5.92 Å². The van der Waals surface area contributed by atoms with E-state index in [4.69, 9.17) is 11.5 Å². The minimum Gasteiger partial charge on any atom is -0.480 e. The Bertz CT molecular complexity index is 674. The predicted octanol–water partition coefficient (Wildman–Crippen LogP) is -0.245. The van der Waals surface area contributed by atoms with Crippen molar-refractivity contribution in [1.82, 2.24) is 9.62 Å². The molecule has 8 heteroatoms. The summed E-state index contributed by atoms with van der Waals surface area (Å²) < 4.78 is 25.2. The number of carboxylic acids is 1. The minimum absolute atomic E-state index is 0.133. The van der Waals surface area contributed by atoms with Crippen molar-refractivity contribution in [1.29, 1.82) is 0 Å². The highest BCUT2D eigenvalue weighted by molar-refractivity contribution is 7.89. The normalized spacial score (nSPS) is 10.9. The summed E-state index contributed by atoms with van der Waals surface area (Å²) in [5, 5.41) is 11.1. The molecule has 1 aromatic carbocycles. The Kier molecular flexibility index (Phi) is 5.46. The van der Waals surface area contributed by atoms with Gasteiger partial charge in [-0.25, -0.2) is 8.42 Å². The summed E-state index contributed by atoms with van der Waals surface area (Å²) in [7, 11) is -2.58. The fraction of sp³-hybridized carbons (Fsp3) is 0.231. The Morgan fingerprint density at radius 2 is 1.90 bits per heavy atom. The smallest absolute Gasteiger partial charge is 0.318 e. The largest absolute Gasteiger partial charge is 0.480 e. The van der Waals surface area contributed by atoms with Crippen molar-refractivity contribution in [2.24, 2.45) is 0 Å². The van der Waals surface area contributed by atoms with Crippen LogP contribution >= 0.6 is 0 Å². The number of carbonyl (C=O) groups excluding carboxylic acids is 1. The molecule has 0 aliphatic rings. The number of rotatable bonds is 6. The van der Waals surface area contributed by atoms with Crippen LogP contribution in [-0.2, 0) is 14.8 Å². The first-order chi connectivity index (χ1) is 9.82. The van der Waals surface area contributed by atoms with Crippen LogP contribution in [0.1, 0.15) is 10.4 Å². The maximum atomic E-state index is 12.3. The van der Waals surface area contributed by atoms with E-state index in [9.17, 15) is 18.0 Å². The van der Waals surface area contributed by atoms with Crippen molar-refractivity contribution < 1.29 is 23.1 Å². The maximum Gasteiger partial charge on any atom is 0.318 e. The number of carboxylic acid groups (broad SMARTS) is 1. The number of carbonyl (C=O) groups is 2. The van der Waals surface area contributed by atoms with Gasteiger partial charge in [-0.3, -0.25) is 9.59 Å². The van der Waals surface area contributed by atoms with Crippen molar-refractivity contribution in [2.75, 3.05) is 20.1 Å². The molecule has 7 nitrogen and oxygen atoms in total. The summed E-state index contributed by atoms with van der Waals surface area (Å²) in [6.45, 7) is -1.09. The van der Waals surface area contributed by atoms with E-state index in [2.05, 4.69) is 11.2 Å². The van der Waals surface area contributed by atoms with E-state index < -0.39 is 22.5 Å². The number of hydrogen-bond acceptors (Lipinski definition) is 4. The lowest BCUT2D eigenvalue weighted by Gasteiger charge is -2.17. The maximum absolute atomic E-state index is 12.3. The molecule has 0 spiro atoms. The molecule has 21 heavy (non-hydrogen) atoms. The zero-order valence-corrected chi connectivity index (χ0v) is 12.1. The van der Waals surface area contributed by atoms with Crippen LogP contribution in [0, 0.1) is 12.3 Å². The number of nitrogens with zero attached hydrogens (tertiary/aromatic N) is 1. The molecule has 1 amide bonds. The van der Waals surface area contributed by atoms with E-state index in [0.29, 0.717) is 4.31 Å². The molecule has 0 saturated carbocycles. The Balaban J connectivity index is 3.13. The van der Waals surface area contributed by atoms with Gasteiger partial charge in [0.1, 0.15) is 6.54 Å². The Morgan fingerprint density at radius 3 is 2.33 bits per heavy atom. The number of benzene rings is 1. The summed E-state index contributed by atoms with van der Waals surface area (Å²) in [6.07, 6.45) is 5.06. The van der Waals surface area contributed by atoms with Crippen LogP contribution in [0.5, 0.6) is 0 Å². The van der Waals surface area contributed by atoms with E-state index in [1.165, 1.54) is 31.3 Å². The van der Waals surface area contributed by atoms with Gasteiger partial charge in [-0.05, 0) is 24.3 Å². The fourth-order valence-corrected chi connectivity index (χ4v) is 2.85. The van der Waals surface area contributed by atoms with Crippen molar-refractivity contribution in [3.05, 3.63) is 29.8 Å². The molecule has 1 aromatic rings. The van der Waals surface area contributed by atoms with E-state index >= 15 is 0 Å². The van der Waals surface area contributed by atoms with E-state index in [1.54, 1.807) is 0 Å². The van der Waals surface area contributed by atoms with Gasteiger partial charge in [0.2, 0.25) is 10.0 Å². The number of hydrogen-bond donors (Lipinski definition) is 2. The quantitative estimate of drug-likeness (QED) is 0.705. The van der Waals surface area contributed by atoms with Crippen LogP contribution in [0.25, 0.3) is 0 Å². The van der Waals surface area contributed by atoms with Gasteiger partial charge in [0.15, 0.2) is 0 Å². The van der Waals surface area contributed by atoms with Crippen molar-refractivity contribution in [2.45, 2.75) is 4.90 Å². The zero-order chi connectivity index (χ0) is 16.0. The molecule has 0 atom stereocenters. The van der Waals surface area contributed by atoms with E-state index in [-0.39, 0.29) is 22.9 Å². The van der Waals surface area contributed by atoms with Gasteiger partial charge in [-0.2, -0.15) is 4.31 Å². The first-order valence-corrected chi connectivity index (χ1v) is 7.24. The molecule has 0 aliphatic carbocycles. The lowest BCUT2D eigenvalue weighted by molar-refractivity contribution is -0.137. The number of sulfonamides is 1. The third kappa shape index (κ3) is 4.05. The molecular weight excluding hydrogens is 296 g/mol. The summed E-state index contributed by atoms with van der Waals surface area (Å²) >= 11 is 0. The average molecular weight is 310 g/mol. The molecule has 0 radical (unpaired) electrons. The lowest BCUT2D eigenvalue weighted by Crippen LogP contribution is -2.36. The molecular formula is C13H14N2O5S. The van der Waals surface area contributed by atoms with Crippen molar-refractivity contribution >= 4 is 21.9 Å². The monoisotopic (exact) mass is 310 g/mol. The highest BCUT2D eigenvalue weighted by Gasteiger charge is 2.26. The summed E-state index contributed by atoms with van der Waals surface area (Å²) in [4.78, 5) is 22.0. The minimum atomic E-state index is -4.03. The molecule has 2 N–H and O–H groups in total. The molecule has 112 valence electrons. The van der Waals surface area contributed by atoms with Crippen LogP contribution in [0.4, 0.5) is 0 Å². The van der Waals surface area contributed by atoms with Crippen molar-refractivity contribution in [3.8, 4) is 12.3 Å². The average Bonchev–Trinajstić information content (AvgIpc) is 2.45. The molecule has 1 rings (SSSR count). The van der Waals surface area contributed by atoms with Crippen LogP contribution < -0.4 is 5.32 Å². The third-order valence-corrected chi connectivity index (χ3v) is 4.37. The van der Waals surface area contributed by atoms with Gasteiger partial charge < -0.3 is 10.4 Å². The van der Waals surface area contributed by atoms with Gasteiger partial charge >= 0.3 is 5.97 Å². The standard InChI is InChI=1S/C13H14N2O5S/c1-3-8-15(9-12(16)17)21(19,20)11-6-4-10(5-7-11)13(18)14-2/h1,4-7H,8-9H2,2H3,(H,14,18)(H,16,17). The lowest BCUT2D eigenvalue weighted by atomic mass is 10.2. The second-order valence-electron chi connectivity index (χ2n) is 3.97.